The highest BCUT2D eigenvalue weighted by Crippen LogP contribution is 2.21. The largest absolute Gasteiger partial charge is 0.317 e. The summed E-state index contributed by atoms with van der Waals surface area (Å²) in [6.07, 6.45) is 2.56. The maximum Gasteiger partial charge on any atom is 0.0424 e. The van der Waals surface area contributed by atoms with Gasteiger partial charge in [0.05, 0.1) is 0 Å². The summed E-state index contributed by atoms with van der Waals surface area (Å²) in [4.78, 5) is 2.36. The second kappa shape index (κ2) is 6.76. The lowest BCUT2D eigenvalue weighted by molar-refractivity contribution is 0.234. The number of nitrogens with zero attached hydrogens (tertiary/aromatic N) is 1. The molecule has 2 rings (SSSR count). The molecule has 0 atom stereocenters. The van der Waals surface area contributed by atoms with Gasteiger partial charge in [-0.05, 0) is 62.7 Å². The molecule has 18 heavy (non-hydrogen) atoms. The molecular weight excluding hydrogens is 267 g/mol. The zero-order valence-corrected chi connectivity index (χ0v) is 12.3. The number of rotatable bonds is 4. The fourth-order valence-corrected chi connectivity index (χ4v) is 3.15. The van der Waals surface area contributed by atoms with Crippen molar-refractivity contribution in [3.8, 4) is 0 Å². The molecule has 0 aromatic heterocycles. The van der Waals surface area contributed by atoms with Crippen LogP contribution in [0.25, 0.3) is 0 Å². The van der Waals surface area contributed by atoms with Crippen LogP contribution in [0.5, 0.6) is 0 Å². The normalized spacial score (nSPS) is 17.3. The van der Waals surface area contributed by atoms with Gasteiger partial charge in [0, 0.05) is 23.1 Å². The summed E-state index contributed by atoms with van der Waals surface area (Å²) in [7, 11) is 2.16. The first kappa shape index (κ1) is 14.1. The van der Waals surface area contributed by atoms with Gasteiger partial charge in [0.1, 0.15) is 0 Å². The highest BCUT2D eigenvalue weighted by atomic mass is 35.5. The van der Waals surface area contributed by atoms with Crippen molar-refractivity contribution < 1.29 is 0 Å². The van der Waals surface area contributed by atoms with Crippen LogP contribution in [0.1, 0.15) is 18.4 Å². The number of hydrogen-bond donors (Lipinski definition) is 1. The average molecular weight is 287 g/mol. The van der Waals surface area contributed by atoms with E-state index in [1.165, 1.54) is 18.4 Å². The summed E-state index contributed by atoms with van der Waals surface area (Å²) >= 11 is 12.0. The van der Waals surface area contributed by atoms with Crippen LogP contribution in [0.3, 0.4) is 0 Å². The minimum absolute atomic E-state index is 0.716. The molecule has 0 radical (unpaired) electrons. The van der Waals surface area contributed by atoms with Crippen molar-refractivity contribution in [3.63, 3.8) is 0 Å². The topological polar surface area (TPSA) is 15.3 Å². The summed E-state index contributed by atoms with van der Waals surface area (Å²) in [5.74, 6) is 0.811. The fraction of sp³-hybridized carbons (Fsp3) is 0.571. The summed E-state index contributed by atoms with van der Waals surface area (Å²) in [6.45, 7) is 4.36. The van der Waals surface area contributed by atoms with Gasteiger partial charge in [-0.1, -0.05) is 23.2 Å². The predicted octanol–water partition coefficient (Wildman–Crippen LogP) is 3.42. The van der Waals surface area contributed by atoms with E-state index in [-0.39, 0.29) is 0 Å². The van der Waals surface area contributed by atoms with Crippen molar-refractivity contribution in [2.45, 2.75) is 19.4 Å². The SMILES string of the molecule is CN(Cc1cc(Cl)cc(Cl)c1)CC1CCNCC1. The second-order valence-corrected chi connectivity index (χ2v) is 6.04. The molecule has 0 bridgehead atoms. The fourth-order valence-electron chi connectivity index (χ4n) is 2.58. The smallest absolute Gasteiger partial charge is 0.0424 e. The van der Waals surface area contributed by atoms with Crippen LogP contribution in [-0.2, 0) is 6.54 Å². The first-order valence-corrected chi connectivity index (χ1v) is 7.23. The minimum atomic E-state index is 0.716. The van der Waals surface area contributed by atoms with E-state index in [1.807, 2.05) is 12.1 Å². The zero-order chi connectivity index (χ0) is 13.0. The number of benzene rings is 1. The molecule has 1 fully saturated rings. The summed E-state index contributed by atoms with van der Waals surface area (Å²) < 4.78 is 0. The highest BCUT2D eigenvalue weighted by Gasteiger charge is 2.15. The number of halogens is 2. The van der Waals surface area contributed by atoms with E-state index in [0.29, 0.717) is 10.0 Å². The van der Waals surface area contributed by atoms with E-state index >= 15 is 0 Å². The lowest BCUT2D eigenvalue weighted by Gasteiger charge is -2.27. The lowest BCUT2D eigenvalue weighted by Crippen LogP contribution is -2.34. The molecule has 0 unspecified atom stereocenters. The zero-order valence-electron chi connectivity index (χ0n) is 10.8. The summed E-state index contributed by atoms with van der Waals surface area (Å²) in [5, 5.41) is 4.83. The molecule has 0 saturated carbocycles. The lowest BCUT2D eigenvalue weighted by atomic mass is 9.97. The molecule has 1 aromatic rings. The Balaban J connectivity index is 1.87. The number of nitrogens with one attached hydrogen (secondary N) is 1. The van der Waals surface area contributed by atoms with Crippen LogP contribution < -0.4 is 5.32 Å². The van der Waals surface area contributed by atoms with Gasteiger partial charge < -0.3 is 10.2 Å². The van der Waals surface area contributed by atoms with Crippen LogP contribution >= 0.6 is 23.2 Å². The first-order valence-electron chi connectivity index (χ1n) is 6.48. The molecule has 1 N–H and O–H groups in total. The molecule has 0 aliphatic carbocycles. The Bertz CT molecular complexity index is 369. The molecule has 100 valence electrons. The quantitative estimate of drug-likeness (QED) is 0.912. The average Bonchev–Trinajstić information content (AvgIpc) is 2.28. The third-order valence-corrected chi connectivity index (χ3v) is 3.84. The summed E-state index contributed by atoms with van der Waals surface area (Å²) in [6, 6.07) is 5.76. The van der Waals surface area contributed by atoms with Gasteiger partial charge in [0.25, 0.3) is 0 Å². The Morgan fingerprint density at radius 1 is 1.17 bits per heavy atom. The molecule has 1 aliphatic heterocycles. The monoisotopic (exact) mass is 286 g/mol. The third kappa shape index (κ3) is 4.43. The Morgan fingerprint density at radius 2 is 1.78 bits per heavy atom. The predicted molar refractivity (Wildman–Crippen MR) is 78.4 cm³/mol. The maximum atomic E-state index is 6.01. The van der Waals surface area contributed by atoms with Crippen molar-refractivity contribution in [1.82, 2.24) is 10.2 Å². The van der Waals surface area contributed by atoms with Crippen molar-refractivity contribution in [2.24, 2.45) is 5.92 Å². The van der Waals surface area contributed by atoms with Gasteiger partial charge in [-0.3, -0.25) is 0 Å². The minimum Gasteiger partial charge on any atom is -0.317 e. The standard InChI is InChI=1S/C14H20Cl2N2/c1-18(9-11-2-4-17-5-3-11)10-12-6-13(15)8-14(16)7-12/h6-8,11,17H,2-5,9-10H2,1H3. The Kier molecular flexibility index (Phi) is 5.31. The third-order valence-electron chi connectivity index (χ3n) is 3.40. The van der Waals surface area contributed by atoms with Gasteiger partial charge in [0.2, 0.25) is 0 Å². The van der Waals surface area contributed by atoms with Crippen LogP contribution in [0.2, 0.25) is 10.0 Å². The molecule has 4 heteroatoms. The number of hydrogen-bond acceptors (Lipinski definition) is 2. The molecule has 0 amide bonds. The van der Waals surface area contributed by atoms with Crippen molar-refractivity contribution in [1.29, 1.82) is 0 Å². The molecule has 1 aliphatic rings. The Hall–Kier alpha value is -0.280. The van der Waals surface area contributed by atoms with Crippen LogP contribution in [0.15, 0.2) is 18.2 Å². The van der Waals surface area contributed by atoms with Gasteiger partial charge in [-0.15, -0.1) is 0 Å². The van der Waals surface area contributed by atoms with Crippen molar-refractivity contribution in [3.05, 3.63) is 33.8 Å². The summed E-state index contributed by atoms with van der Waals surface area (Å²) in [5.41, 5.74) is 1.18. The molecular formula is C14H20Cl2N2. The maximum absolute atomic E-state index is 6.01. The van der Waals surface area contributed by atoms with Crippen LogP contribution in [-0.4, -0.2) is 31.6 Å². The molecule has 1 aromatic carbocycles. The van der Waals surface area contributed by atoms with Crippen molar-refractivity contribution >= 4 is 23.2 Å². The molecule has 1 heterocycles. The first-order chi connectivity index (χ1) is 8.63. The van der Waals surface area contributed by atoms with Crippen LogP contribution in [0, 0.1) is 5.92 Å². The number of piperidine rings is 1. The molecule has 1 saturated heterocycles. The van der Waals surface area contributed by atoms with Gasteiger partial charge >= 0.3 is 0 Å². The van der Waals surface area contributed by atoms with E-state index in [9.17, 15) is 0 Å². The van der Waals surface area contributed by atoms with Crippen molar-refractivity contribution in [2.75, 3.05) is 26.7 Å². The van der Waals surface area contributed by atoms with Gasteiger partial charge in [-0.2, -0.15) is 0 Å². The van der Waals surface area contributed by atoms with Crippen LogP contribution in [0.4, 0.5) is 0 Å². The van der Waals surface area contributed by atoms with Gasteiger partial charge in [0.15, 0.2) is 0 Å². The van der Waals surface area contributed by atoms with E-state index in [1.54, 1.807) is 6.07 Å². The van der Waals surface area contributed by atoms with E-state index in [4.69, 9.17) is 23.2 Å². The highest BCUT2D eigenvalue weighted by molar-refractivity contribution is 6.34. The molecule has 0 spiro atoms. The van der Waals surface area contributed by atoms with E-state index in [2.05, 4.69) is 17.3 Å². The van der Waals surface area contributed by atoms with Gasteiger partial charge in [-0.25, -0.2) is 0 Å². The Labute approximate surface area is 119 Å². The van der Waals surface area contributed by atoms with E-state index in [0.717, 1.165) is 32.1 Å². The Morgan fingerprint density at radius 3 is 2.39 bits per heavy atom. The second-order valence-electron chi connectivity index (χ2n) is 5.17. The molecule has 2 nitrogen and oxygen atoms in total. The van der Waals surface area contributed by atoms with E-state index < -0.39 is 0 Å².